The molecule has 0 aromatic carbocycles. The van der Waals surface area contributed by atoms with Gasteiger partial charge in [0.05, 0.1) is 0 Å². The fraction of sp³-hybridized carbons (Fsp3) is 0.857. The Morgan fingerprint density at radius 1 is 1.46 bits per heavy atom. The monoisotopic (exact) mass is 199 g/mol. The van der Waals surface area contributed by atoms with E-state index in [1.54, 1.807) is 6.92 Å². The molecule has 0 unspecified atom stereocenters. The Morgan fingerprint density at radius 3 is 2.23 bits per heavy atom. The molecule has 0 bridgehead atoms. The van der Waals surface area contributed by atoms with E-state index >= 15 is 0 Å². The molecule has 0 aromatic rings. The van der Waals surface area contributed by atoms with Crippen molar-refractivity contribution in [3.05, 3.63) is 0 Å². The first-order valence-electron chi connectivity index (χ1n) is 3.81. The van der Waals surface area contributed by atoms with E-state index < -0.39 is 18.3 Å². The Hall–Kier alpha value is -0.810. The van der Waals surface area contributed by atoms with Gasteiger partial charge < -0.3 is 4.90 Å². The number of nitrogens with zero attached hydrogens (tertiary/aromatic N) is 1. The van der Waals surface area contributed by atoms with Crippen LogP contribution in [0.3, 0.4) is 0 Å². The second kappa shape index (κ2) is 3.16. The number of hydrogen-bond donors (Lipinski definition) is 0. The number of carbonyl (C=O) groups is 1. The number of hydrogen-bond acceptors (Lipinski definition) is 1. The highest BCUT2D eigenvalue weighted by Gasteiger charge is 2.52. The predicted octanol–water partition coefficient (Wildman–Crippen LogP) is 1.37. The van der Waals surface area contributed by atoms with E-state index in [1.165, 1.54) is 0 Å². The van der Waals surface area contributed by atoms with Crippen LogP contribution in [0.25, 0.3) is 0 Å². The minimum Gasteiger partial charge on any atom is -0.337 e. The summed E-state index contributed by atoms with van der Waals surface area (Å²) in [5.41, 5.74) is 0. The topological polar surface area (TPSA) is 20.3 Å². The number of likely N-dealkylation sites (tertiary alicyclic amines) is 1. The van der Waals surface area contributed by atoms with Gasteiger partial charge in [-0.15, -0.1) is 0 Å². The molecule has 13 heavy (non-hydrogen) atoms. The Labute approximate surface area is 72.5 Å². The Kier molecular flexibility index (Phi) is 2.49. The van der Waals surface area contributed by atoms with Crippen LogP contribution in [-0.2, 0) is 4.79 Å². The van der Waals surface area contributed by atoms with E-state index in [0.717, 1.165) is 4.90 Å². The molecule has 1 aliphatic heterocycles. The molecule has 1 amide bonds. The summed E-state index contributed by atoms with van der Waals surface area (Å²) in [4.78, 5) is 11.5. The Morgan fingerprint density at radius 2 is 1.92 bits per heavy atom. The molecule has 0 aromatic heterocycles. The molecule has 1 aliphatic rings. The third-order valence-corrected chi connectivity index (χ3v) is 1.91. The molecular formula is C7H9F4NO. The first-order chi connectivity index (χ1) is 5.85. The van der Waals surface area contributed by atoms with Crippen LogP contribution in [0.1, 0.15) is 6.92 Å². The molecule has 0 spiro atoms. The normalized spacial score (nSPS) is 19.1. The van der Waals surface area contributed by atoms with Gasteiger partial charge in [0.25, 0.3) is 5.91 Å². The molecule has 0 N–H and O–H groups in total. The molecule has 1 fully saturated rings. The van der Waals surface area contributed by atoms with E-state index in [-0.39, 0.29) is 19.0 Å². The number of alkyl halides is 4. The zero-order chi connectivity index (χ0) is 10.2. The predicted molar refractivity (Wildman–Crippen MR) is 36.7 cm³/mol. The van der Waals surface area contributed by atoms with Gasteiger partial charge in [0.15, 0.2) is 0 Å². The molecule has 2 nitrogen and oxygen atoms in total. The van der Waals surface area contributed by atoms with Gasteiger partial charge in [-0.25, -0.2) is 8.78 Å². The minimum absolute atomic E-state index is 0.123. The molecule has 1 saturated heterocycles. The third-order valence-electron chi connectivity index (χ3n) is 1.91. The fourth-order valence-corrected chi connectivity index (χ4v) is 1.17. The van der Waals surface area contributed by atoms with Crippen molar-refractivity contribution >= 4 is 5.91 Å². The van der Waals surface area contributed by atoms with Gasteiger partial charge in [0.2, 0.25) is 0 Å². The molecule has 6 heteroatoms. The van der Waals surface area contributed by atoms with Crippen molar-refractivity contribution in [3.63, 3.8) is 0 Å². The highest BCUT2D eigenvalue weighted by molar-refractivity contribution is 5.84. The Bertz CT molecular complexity index is 213. The van der Waals surface area contributed by atoms with Crippen LogP contribution in [0.4, 0.5) is 17.6 Å². The first-order valence-corrected chi connectivity index (χ1v) is 3.81. The number of amides is 1. The van der Waals surface area contributed by atoms with Crippen molar-refractivity contribution in [1.82, 2.24) is 4.90 Å². The second-order valence-corrected chi connectivity index (χ2v) is 3.24. The number of carbonyl (C=O) groups excluding carboxylic acids is 1. The van der Waals surface area contributed by atoms with Gasteiger partial charge in [0.1, 0.15) is 0 Å². The first kappa shape index (κ1) is 10.3. The van der Waals surface area contributed by atoms with Crippen molar-refractivity contribution in [3.8, 4) is 0 Å². The molecule has 0 aliphatic carbocycles. The quantitative estimate of drug-likeness (QED) is 0.615. The van der Waals surface area contributed by atoms with Gasteiger partial charge in [-0.3, -0.25) is 4.79 Å². The fourth-order valence-electron chi connectivity index (χ4n) is 1.17. The van der Waals surface area contributed by atoms with Gasteiger partial charge >= 0.3 is 12.3 Å². The highest BCUT2D eigenvalue weighted by Crippen LogP contribution is 2.28. The van der Waals surface area contributed by atoms with Crippen LogP contribution < -0.4 is 0 Å². The average molecular weight is 199 g/mol. The maximum atomic E-state index is 12.4. The van der Waals surface area contributed by atoms with Crippen molar-refractivity contribution < 1.29 is 22.4 Å². The summed E-state index contributed by atoms with van der Waals surface area (Å²) >= 11 is 0. The van der Waals surface area contributed by atoms with Gasteiger partial charge in [0, 0.05) is 13.1 Å². The summed E-state index contributed by atoms with van der Waals surface area (Å²) in [6.45, 7) is 2.03. The van der Waals surface area contributed by atoms with E-state index in [0.29, 0.717) is 0 Å². The lowest BCUT2D eigenvalue weighted by atomic mass is 10.0. The lowest BCUT2D eigenvalue weighted by Gasteiger charge is -2.38. The minimum atomic E-state index is -4.53. The van der Waals surface area contributed by atoms with Crippen molar-refractivity contribution in [2.45, 2.75) is 19.3 Å². The number of halogens is 4. The molecular weight excluding hydrogens is 190 g/mol. The van der Waals surface area contributed by atoms with Crippen molar-refractivity contribution in [2.24, 2.45) is 5.92 Å². The van der Waals surface area contributed by atoms with E-state index in [1.807, 2.05) is 0 Å². The molecule has 0 radical (unpaired) electrons. The number of rotatable bonds is 2. The summed E-state index contributed by atoms with van der Waals surface area (Å²) in [6.07, 6.45) is -3.92. The van der Waals surface area contributed by atoms with Crippen LogP contribution in [0, 0.1) is 5.92 Å². The third kappa shape index (κ3) is 1.76. The molecule has 0 atom stereocenters. The van der Waals surface area contributed by atoms with E-state index in [9.17, 15) is 22.4 Å². The van der Waals surface area contributed by atoms with Gasteiger partial charge in [-0.2, -0.15) is 8.78 Å². The van der Waals surface area contributed by atoms with Crippen LogP contribution >= 0.6 is 0 Å². The zero-order valence-electron chi connectivity index (χ0n) is 6.94. The molecule has 1 heterocycles. The maximum Gasteiger partial charge on any atom is 0.383 e. The summed E-state index contributed by atoms with van der Waals surface area (Å²) < 4.78 is 48.2. The average Bonchev–Trinajstić information content (AvgIpc) is 1.97. The maximum absolute atomic E-state index is 12.4. The van der Waals surface area contributed by atoms with Crippen molar-refractivity contribution in [2.75, 3.05) is 13.1 Å². The lowest BCUT2D eigenvalue weighted by molar-refractivity contribution is -0.186. The molecule has 0 saturated carbocycles. The Balaban J connectivity index is 2.57. The van der Waals surface area contributed by atoms with Crippen LogP contribution in [-0.4, -0.2) is 36.2 Å². The standard InChI is InChI=1S/C7H9F4NO/c1-4-2-12(3-4)6(13)7(10,11)5(8)9/h4-5H,2-3H2,1H3. The SMILES string of the molecule is CC1CN(C(=O)C(F)(F)C(F)F)C1. The summed E-state index contributed by atoms with van der Waals surface area (Å²) in [6, 6.07) is 0. The van der Waals surface area contributed by atoms with E-state index in [2.05, 4.69) is 0 Å². The van der Waals surface area contributed by atoms with Crippen LogP contribution in [0.15, 0.2) is 0 Å². The summed E-state index contributed by atoms with van der Waals surface area (Å²) in [5, 5.41) is 0. The zero-order valence-corrected chi connectivity index (χ0v) is 6.94. The molecule has 1 rings (SSSR count). The summed E-state index contributed by atoms with van der Waals surface area (Å²) in [7, 11) is 0. The second-order valence-electron chi connectivity index (χ2n) is 3.24. The molecule has 76 valence electrons. The smallest absolute Gasteiger partial charge is 0.337 e. The largest absolute Gasteiger partial charge is 0.383 e. The van der Waals surface area contributed by atoms with Crippen molar-refractivity contribution in [1.29, 1.82) is 0 Å². The van der Waals surface area contributed by atoms with Gasteiger partial charge in [-0.1, -0.05) is 6.92 Å². The van der Waals surface area contributed by atoms with Crippen LogP contribution in [0.2, 0.25) is 0 Å². The van der Waals surface area contributed by atoms with Gasteiger partial charge in [-0.05, 0) is 5.92 Å². The van der Waals surface area contributed by atoms with Crippen LogP contribution in [0.5, 0.6) is 0 Å². The van der Waals surface area contributed by atoms with E-state index in [4.69, 9.17) is 0 Å². The lowest BCUT2D eigenvalue weighted by Crippen LogP contribution is -2.56. The highest BCUT2D eigenvalue weighted by atomic mass is 19.3. The summed E-state index contributed by atoms with van der Waals surface area (Å²) in [5.74, 6) is -6.17.